The van der Waals surface area contributed by atoms with Crippen LogP contribution in [0.5, 0.6) is 0 Å². The average molecular weight is 281 g/mol. The summed E-state index contributed by atoms with van der Waals surface area (Å²) < 4.78 is 1.07. The summed E-state index contributed by atoms with van der Waals surface area (Å²) in [6, 6.07) is 7.06. The van der Waals surface area contributed by atoms with E-state index in [1.165, 1.54) is 31.4 Å². The molecule has 1 aliphatic carbocycles. The van der Waals surface area contributed by atoms with E-state index in [0.29, 0.717) is 0 Å². The number of fused-ring (bicyclic) bond motifs is 2. The van der Waals surface area contributed by atoms with Gasteiger partial charge in [0.2, 0.25) is 0 Å². The van der Waals surface area contributed by atoms with Crippen LogP contribution >= 0.6 is 15.9 Å². The molecule has 1 aromatic carbocycles. The number of hydrogen-bond donors (Lipinski definition) is 1. The van der Waals surface area contributed by atoms with Gasteiger partial charge >= 0.3 is 0 Å². The first kappa shape index (κ1) is 10.6. The van der Waals surface area contributed by atoms with Crippen LogP contribution in [0.1, 0.15) is 24.8 Å². The quantitative estimate of drug-likeness (QED) is 0.844. The van der Waals surface area contributed by atoms with E-state index < -0.39 is 0 Å². The van der Waals surface area contributed by atoms with E-state index >= 15 is 0 Å². The van der Waals surface area contributed by atoms with Crippen molar-refractivity contribution in [2.75, 3.05) is 12.3 Å². The lowest BCUT2D eigenvalue weighted by Gasteiger charge is -2.27. The van der Waals surface area contributed by atoms with E-state index in [1.807, 2.05) is 6.07 Å². The Morgan fingerprint density at radius 3 is 2.88 bits per heavy atom. The summed E-state index contributed by atoms with van der Waals surface area (Å²) in [7, 11) is 0. The lowest BCUT2D eigenvalue weighted by Crippen LogP contribution is -2.31. The number of benzene rings is 1. The Morgan fingerprint density at radius 1 is 1.38 bits per heavy atom. The van der Waals surface area contributed by atoms with E-state index in [2.05, 4.69) is 33.0 Å². The van der Waals surface area contributed by atoms with Gasteiger partial charge in [-0.3, -0.25) is 4.90 Å². The third-order valence-corrected chi connectivity index (χ3v) is 4.50. The van der Waals surface area contributed by atoms with Crippen molar-refractivity contribution in [2.24, 2.45) is 5.92 Å². The highest BCUT2D eigenvalue weighted by molar-refractivity contribution is 9.10. The fourth-order valence-electron chi connectivity index (χ4n) is 3.15. The molecule has 0 radical (unpaired) electrons. The van der Waals surface area contributed by atoms with Crippen molar-refractivity contribution in [3.63, 3.8) is 0 Å². The molecule has 16 heavy (non-hydrogen) atoms. The van der Waals surface area contributed by atoms with Crippen molar-refractivity contribution >= 4 is 21.6 Å². The first-order chi connectivity index (χ1) is 7.72. The Balaban J connectivity index is 1.74. The Kier molecular flexibility index (Phi) is 2.68. The minimum absolute atomic E-state index is 0.827. The normalized spacial score (nSPS) is 28.8. The van der Waals surface area contributed by atoms with Crippen LogP contribution < -0.4 is 5.73 Å². The Labute approximate surface area is 105 Å². The van der Waals surface area contributed by atoms with Gasteiger partial charge < -0.3 is 5.73 Å². The number of nitrogens with two attached hydrogens (primary N) is 1. The molecule has 3 rings (SSSR count). The van der Waals surface area contributed by atoms with Crippen molar-refractivity contribution in [2.45, 2.75) is 31.8 Å². The number of piperidine rings is 1. The molecule has 86 valence electrons. The summed E-state index contributed by atoms with van der Waals surface area (Å²) in [5.74, 6) is 0.960. The van der Waals surface area contributed by atoms with Crippen molar-refractivity contribution < 1.29 is 0 Å². The number of nitrogens with zero attached hydrogens (tertiary/aromatic N) is 1. The highest BCUT2D eigenvalue weighted by Gasteiger charge is 2.37. The van der Waals surface area contributed by atoms with Gasteiger partial charge in [0.1, 0.15) is 0 Å². The van der Waals surface area contributed by atoms with Crippen molar-refractivity contribution in [1.82, 2.24) is 4.90 Å². The van der Waals surface area contributed by atoms with Crippen molar-refractivity contribution in [3.8, 4) is 0 Å². The molecule has 1 aliphatic heterocycles. The number of hydrogen-bond acceptors (Lipinski definition) is 2. The van der Waals surface area contributed by atoms with Crippen LogP contribution in [-0.2, 0) is 6.54 Å². The van der Waals surface area contributed by atoms with Gasteiger partial charge in [0.25, 0.3) is 0 Å². The number of rotatable bonds is 2. The second-order valence-electron chi connectivity index (χ2n) is 5.11. The standard InChI is InChI=1S/C13H17BrN2/c14-11-3-2-10(13(15)6-11)8-16-7-9-1-4-12(16)5-9/h2-3,6,9,12H,1,4-5,7-8,15H2. The number of likely N-dealkylation sites (tertiary alicyclic amines) is 1. The van der Waals surface area contributed by atoms with E-state index in [0.717, 1.165) is 28.7 Å². The van der Waals surface area contributed by atoms with Crippen LogP contribution in [0.4, 0.5) is 5.69 Å². The van der Waals surface area contributed by atoms with Crippen LogP contribution in [-0.4, -0.2) is 17.5 Å². The average Bonchev–Trinajstić information content (AvgIpc) is 2.84. The fraction of sp³-hybridized carbons (Fsp3) is 0.538. The molecule has 2 unspecified atom stereocenters. The van der Waals surface area contributed by atoms with Gasteiger partial charge in [-0.25, -0.2) is 0 Å². The maximum atomic E-state index is 6.04. The summed E-state index contributed by atoms with van der Waals surface area (Å²) in [6.07, 6.45) is 4.24. The second kappa shape index (κ2) is 4.04. The van der Waals surface area contributed by atoms with Gasteiger partial charge in [-0.15, -0.1) is 0 Å². The second-order valence-corrected chi connectivity index (χ2v) is 6.02. The third-order valence-electron chi connectivity index (χ3n) is 4.00. The zero-order valence-electron chi connectivity index (χ0n) is 9.32. The minimum Gasteiger partial charge on any atom is -0.398 e. The molecule has 1 aromatic rings. The Bertz CT molecular complexity index is 405. The van der Waals surface area contributed by atoms with Crippen LogP contribution in [0.15, 0.2) is 22.7 Å². The summed E-state index contributed by atoms with van der Waals surface area (Å²) >= 11 is 3.45. The molecular weight excluding hydrogens is 264 g/mol. The maximum absolute atomic E-state index is 6.04. The largest absolute Gasteiger partial charge is 0.398 e. The molecule has 1 heterocycles. The lowest BCUT2D eigenvalue weighted by atomic mass is 10.1. The molecule has 2 nitrogen and oxygen atoms in total. The SMILES string of the molecule is Nc1cc(Br)ccc1CN1CC2CCC1C2. The first-order valence-corrected chi connectivity index (χ1v) is 6.79. The molecule has 2 N–H and O–H groups in total. The highest BCUT2D eigenvalue weighted by atomic mass is 79.9. The van der Waals surface area contributed by atoms with Gasteiger partial charge in [0.15, 0.2) is 0 Å². The summed E-state index contributed by atoms with van der Waals surface area (Å²) in [5.41, 5.74) is 8.23. The molecule has 2 fully saturated rings. The fourth-order valence-corrected chi connectivity index (χ4v) is 3.53. The van der Waals surface area contributed by atoms with Crippen molar-refractivity contribution in [1.29, 1.82) is 0 Å². The van der Waals surface area contributed by atoms with Gasteiger partial charge in [-0.05, 0) is 42.9 Å². The van der Waals surface area contributed by atoms with Crippen LogP contribution in [0.25, 0.3) is 0 Å². The van der Waals surface area contributed by atoms with Gasteiger partial charge in [-0.1, -0.05) is 22.0 Å². The zero-order chi connectivity index (χ0) is 11.1. The molecule has 0 spiro atoms. The Hall–Kier alpha value is -0.540. The van der Waals surface area contributed by atoms with E-state index in [-0.39, 0.29) is 0 Å². The molecule has 2 aliphatic rings. The summed E-state index contributed by atoms with van der Waals surface area (Å²) in [6.45, 7) is 2.31. The lowest BCUT2D eigenvalue weighted by molar-refractivity contribution is 0.205. The minimum atomic E-state index is 0.827. The molecule has 3 heteroatoms. The summed E-state index contributed by atoms with van der Waals surface area (Å²) in [4.78, 5) is 2.60. The number of nitrogen functional groups attached to an aromatic ring is 1. The van der Waals surface area contributed by atoms with Gasteiger partial charge in [0.05, 0.1) is 0 Å². The van der Waals surface area contributed by atoms with E-state index in [1.54, 1.807) is 0 Å². The molecular formula is C13H17BrN2. The predicted molar refractivity (Wildman–Crippen MR) is 70.1 cm³/mol. The van der Waals surface area contributed by atoms with E-state index in [9.17, 15) is 0 Å². The van der Waals surface area contributed by atoms with Crippen LogP contribution in [0.3, 0.4) is 0 Å². The number of anilines is 1. The molecule has 0 amide bonds. The zero-order valence-corrected chi connectivity index (χ0v) is 10.9. The van der Waals surface area contributed by atoms with Crippen LogP contribution in [0.2, 0.25) is 0 Å². The van der Waals surface area contributed by atoms with E-state index in [4.69, 9.17) is 5.73 Å². The van der Waals surface area contributed by atoms with Gasteiger partial charge in [0, 0.05) is 29.3 Å². The topological polar surface area (TPSA) is 29.3 Å². The van der Waals surface area contributed by atoms with Crippen molar-refractivity contribution in [3.05, 3.63) is 28.2 Å². The molecule has 2 bridgehead atoms. The third kappa shape index (κ3) is 1.87. The predicted octanol–water partition coefficient (Wildman–Crippen LogP) is 3.02. The molecule has 2 atom stereocenters. The summed E-state index contributed by atoms with van der Waals surface area (Å²) in [5, 5.41) is 0. The maximum Gasteiger partial charge on any atom is 0.0371 e. The van der Waals surface area contributed by atoms with Gasteiger partial charge in [-0.2, -0.15) is 0 Å². The van der Waals surface area contributed by atoms with Crippen LogP contribution in [0, 0.1) is 5.92 Å². The first-order valence-electron chi connectivity index (χ1n) is 6.00. The number of halogens is 1. The smallest absolute Gasteiger partial charge is 0.0371 e. The Morgan fingerprint density at radius 2 is 2.25 bits per heavy atom. The molecule has 0 aromatic heterocycles. The highest BCUT2D eigenvalue weighted by Crippen LogP contribution is 2.38. The molecule has 1 saturated heterocycles. The molecule has 1 saturated carbocycles. The monoisotopic (exact) mass is 280 g/mol.